The maximum Gasteiger partial charge on any atom is 0.416 e. The van der Waals surface area contributed by atoms with Crippen LogP contribution in [0, 0.1) is 5.82 Å². The van der Waals surface area contributed by atoms with Crippen LogP contribution in [0.4, 0.5) is 23.2 Å². The predicted octanol–water partition coefficient (Wildman–Crippen LogP) is 5.35. The third-order valence-corrected chi connectivity index (χ3v) is 7.05. The number of nitrogens with one attached hydrogen (secondary N) is 1. The van der Waals surface area contributed by atoms with Gasteiger partial charge in [-0.2, -0.15) is 13.2 Å². The van der Waals surface area contributed by atoms with Crippen LogP contribution in [0.25, 0.3) is 0 Å². The van der Waals surface area contributed by atoms with E-state index in [1.807, 2.05) is 0 Å². The lowest BCUT2D eigenvalue weighted by Gasteiger charge is -2.23. The summed E-state index contributed by atoms with van der Waals surface area (Å²) in [5.74, 6) is -0.599. The Bertz CT molecular complexity index is 1380. The van der Waals surface area contributed by atoms with Gasteiger partial charge < -0.3 is 9.64 Å². The molecule has 190 valence electrons. The van der Waals surface area contributed by atoms with E-state index in [4.69, 9.17) is 4.74 Å². The zero-order valence-electron chi connectivity index (χ0n) is 19.0. The molecule has 0 aliphatic carbocycles. The summed E-state index contributed by atoms with van der Waals surface area (Å²) in [5, 5.41) is 0. The Kier molecular flexibility index (Phi) is 6.94. The van der Waals surface area contributed by atoms with Crippen molar-refractivity contribution in [1.29, 1.82) is 0 Å². The highest BCUT2D eigenvalue weighted by Crippen LogP contribution is 2.33. The van der Waals surface area contributed by atoms with E-state index >= 15 is 0 Å². The van der Waals surface area contributed by atoms with E-state index in [9.17, 15) is 30.8 Å². The number of fused-ring (bicyclic) bond motifs is 1. The molecule has 11 heteroatoms. The topological polar surface area (TPSA) is 75.7 Å². The number of nitrogens with zero attached hydrogens (tertiary/aromatic N) is 1. The summed E-state index contributed by atoms with van der Waals surface area (Å²) < 4.78 is 86.3. The number of hydrogen-bond acceptors (Lipinski definition) is 4. The number of benzene rings is 3. The minimum atomic E-state index is -4.52. The predicted molar refractivity (Wildman–Crippen MR) is 124 cm³/mol. The van der Waals surface area contributed by atoms with Crippen molar-refractivity contribution >= 4 is 21.6 Å². The van der Waals surface area contributed by atoms with Crippen molar-refractivity contribution in [2.45, 2.75) is 43.6 Å². The van der Waals surface area contributed by atoms with Crippen LogP contribution in [0.15, 0.2) is 71.6 Å². The van der Waals surface area contributed by atoms with Crippen LogP contribution < -0.4 is 9.46 Å². The average molecular weight is 523 g/mol. The van der Waals surface area contributed by atoms with Crippen LogP contribution in [0.2, 0.25) is 0 Å². The Hall–Kier alpha value is -3.60. The van der Waals surface area contributed by atoms with Crippen molar-refractivity contribution in [3.8, 4) is 5.75 Å². The van der Waals surface area contributed by atoms with E-state index in [2.05, 4.69) is 4.72 Å². The number of halogens is 4. The van der Waals surface area contributed by atoms with E-state index in [1.165, 1.54) is 35.2 Å². The number of ether oxygens (including phenoxy) is 1. The molecule has 0 aromatic heterocycles. The van der Waals surface area contributed by atoms with E-state index in [0.717, 1.165) is 36.4 Å². The van der Waals surface area contributed by atoms with Gasteiger partial charge in [0.1, 0.15) is 11.6 Å². The molecule has 0 bridgehead atoms. The first-order valence-electron chi connectivity index (χ1n) is 11.0. The normalized spacial score (nSPS) is 16.2. The number of carbonyl (C=O) groups is 1. The second-order valence-electron chi connectivity index (χ2n) is 8.29. The number of amides is 1. The molecule has 1 atom stereocenters. The molecule has 0 spiro atoms. The summed E-state index contributed by atoms with van der Waals surface area (Å²) in [7, 11) is -4.02. The first-order chi connectivity index (χ1) is 17.0. The molecule has 0 unspecified atom stereocenters. The Morgan fingerprint density at radius 3 is 2.44 bits per heavy atom. The molecular formula is C25H22F4N2O4S. The van der Waals surface area contributed by atoms with E-state index < -0.39 is 33.7 Å². The largest absolute Gasteiger partial charge is 0.480 e. The van der Waals surface area contributed by atoms with Gasteiger partial charge >= 0.3 is 6.18 Å². The van der Waals surface area contributed by atoms with E-state index in [-0.39, 0.29) is 29.6 Å². The van der Waals surface area contributed by atoms with E-state index in [1.54, 1.807) is 6.92 Å². The van der Waals surface area contributed by atoms with Gasteiger partial charge in [0.2, 0.25) is 0 Å². The molecule has 3 aromatic carbocycles. The van der Waals surface area contributed by atoms with Crippen molar-refractivity contribution in [2.75, 3.05) is 4.72 Å². The standard InChI is InChI=1S/C25H22F4N2O4S/c1-2-22-24(32)31(14-16-4-3-5-18(12-16)25(27,28)29)15-17-13-20(8-11-23(17)35-22)30-36(33,34)21-9-6-19(26)7-10-21/h3-13,22,30H,2,14-15H2,1H3/t22-/m0/s1. The molecule has 0 fully saturated rings. The van der Waals surface area contributed by atoms with Crippen molar-refractivity contribution < 1.29 is 35.5 Å². The number of alkyl halides is 3. The minimum absolute atomic E-state index is 0.00692. The van der Waals surface area contributed by atoms with E-state index in [0.29, 0.717) is 23.3 Å². The molecule has 0 saturated carbocycles. The zero-order valence-corrected chi connectivity index (χ0v) is 19.9. The molecule has 3 aromatic rings. The van der Waals surface area contributed by atoms with Crippen LogP contribution in [0.5, 0.6) is 5.75 Å². The second-order valence-corrected chi connectivity index (χ2v) is 9.97. The average Bonchev–Trinajstić information content (AvgIpc) is 2.95. The monoisotopic (exact) mass is 522 g/mol. The summed E-state index contributed by atoms with van der Waals surface area (Å²) in [4.78, 5) is 14.3. The number of hydrogen-bond donors (Lipinski definition) is 1. The minimum Gasteiger partial charge on any atom is -0.480 e. The summed E-state index contributed by atoms with van der Waals surface area (Å²) in [6.07, 6.45) is -5.04. The molecule has 0 saturated heterocycles. The molecule has 1 heterocycles. The first-order valence-corrected chi connectivity index (χ1v) is 12.5. The molecule has 1 aliphatic heterocycles. The number of anilines is 1. The molecule has 1 aliphatic rings. The van der Waals surface area contributed by atoms with Gasteiger partial charge in [0.05, 0.1) is 10.5 Å². The summed E-state index contributed by atoms with van der Waals surface area (Å²) in [6.45, 7) is 1.65. The van der Waals surface area contributed by atoms with Crippen LogP contribution in [-0.2, 0) is 34.1 Å². The molecule has 1 N–H and O–H groups in total. The van der Waals surface area contributed by atoms with Gasteiger partial charge in [0, 0.05) is 24.3 Å². The Balaban J connectivity index is 1.62. The Morgan fingerprint density at radius 1 is 1.06 bits per heavy atom. The maximum atomic E-state index is 13.2. The van der Waals surface area contributed by atoms with Crippen molar-refractivity contribution in [3.05, 3.63) is 89.2 Å². The third kappa shape index (κ3) is 5.62. The molecule has 6 nitrogen and oxygen atoms in total. The lowest BCUT2D eigenvalue weighted by atomic mass is 10.1. The van der Waals surface area contributed by atoms with Gasteiger partial charge in [-0.1, -0.05) is 19.1 Å². The Morgan fingerprint density at radius 2 is 1.78 bits per heavy atom. The highest BCUT2D eigenvalue weighted by molar-refractivity contribution is 7.92. The second kappa shape index (κ2) is 9.81. The zero-order chi connectivity index (χ0) is 26.1. The summed E-state index contributed by atoms with van der Waals surface area (Å²) in [6, 6.07) is 13.6. The van der Waals surface area contributed by atoms with Gasteiger partial charge in [-0.15, -0.1) is 0 Å². The number of carbonyl (C=O) groups excluding carboxylic acids is 1. The molecule has 1 amide bonds. The van der Waals surface area contributed by atoms with Gasteiger partial charge in [0.25, 0.3) is 15.9 Å². The fraction of sp³-hybridized carbons (Fsp3) is 0.240. The van der Waals surface area contributed by atoms with Crippen LogP contribution >= 0.6 is 0 Å². The van der Waals surface area contributed by atoms with Crippen molar-refractivity contribution in [3.63, 3.8) is 0 Å². The van der Waals surface area contributed by atoms with Crippen LogP contribution in [-0.4, -0.2) is 25.3 Å². The smallest absolute Gasteiger partial charge is 0.416 e. The first kappa shape index (κ1) is 25.5. The lowest BCUT2D eigenvalue weighted by Crippen LogP contribution is -2.38. The third-order valence-electron chi connectivity index (χ3n) is 5.65. The highest BCUT2D eigenvalue weighted by Gasteiger charge is 2.32. The summed E-state index contributed by atoms with van der Waals surface area (Å²) >= 11 is 0. The van der Waals surface area contributed by atoms with Crippen molar-refractivity contribution in [1.82, 2.24) is 4.90 Å². The molecule has 4 rings (SSSR count). The molecular weight excluding hydrogens is 500 g/mol. The van der Waals surface area contributed by atoms with Gasteiger partial charge in [0.15, 0.2) is 6.10 Å². The number of sulfonamides is 1. The van der Waals surface area contributed by atoms with Gasteiger partial charge in [-0.05, 0) is 66.6 Å². The van der Waals surface area contributed by atoms with Crippen LogP contribution in [0.1, 0.15) is 30.0 Å². The quantitative estimate of drug-likeness (QED) is 0.443. The SMILES string of the molecule is CC[C@@H]1Oc2ccc(NS(=O)(=O)c3ccc(F)cc3)cc2CN(Cc2cccc(C(F)(F)F)c2)C1=O. The number of rotatable bonds is 6. The van der Waals surface area contributed by atoms with Gasteiger partial charge in [-0.3, -0.25) is 9.52 Å². The summed E-state index contributed by atoms with van der Waals surface area (Å²) in [5.41, 5.74) is 0.141. The van der Waals surface area contributed by atoms with Gasteiger partial charge in [-0.25, -0.2) is 12.8 Å². The van der Waals surface area contributed by atoms with Crippen LogP contribution in [0.3, 0.4) is 0 Å². The van der Waals surface area contributed by atoms with Crippen molar-refractivity contribution in [2.24, 2.45) is 0 Å². The fourth-order valence-electron chi connectivity index (χ4n) is 3.86. The Labute approximate surface area is 205 Å². The molecule has 36 heavy (non-hydrogen) atoms. The highest BCUT2D eigenvalue weighted by atomic mass is 32.2. The lowest BCUT2D eigenvalue weighted by molar-refractivity contribution is -0.139. The fourth-order valence-corrected chi connectivity index (χ4v) is 4.91. The maximum absolute atomic E-state index is 13.2. The molecule has 0 radical (unpaired) electrons.